The van der Waals surface area contributed by atoms with E-state index in [0.29, 0.717) is 33.4 Å². The van der Waals surface area contributed by atoms with Gasteiger partial charge >= 0.3 is 5.97 Å². The van der Waals surface area contributed by atoms with E-state index in [1.54, 1.807) is 25.3 Å². The van der Waals surface area contributed by atoms with Crippen LogP contribution in [0.25, 0.3) is 5.78 Å². The third kappa shape index (κ3) is 3.73. The van der Waals surface area contributed by atoms with Gasteiger partial charge in [-0.2, -0.15) is 4.98 Å². The Morgan fingerprint density at radius 2 is 1.96 bits per heavy atom. The van der Waals surface area contributed by atoms with Crippen LogP contribution < -0.4 is 0 Å². The number of carbonyl (C=O) groups excluding carboxylic acids is 2. The molecule has 8 nitrogen and oxygen atoms in total. The molecule has 0 amide bonds. The first-order chi connectivity index (χ1) is 12.8. The number of Topliss-reactive ketones (excluding diaryl/α,β-unsaturated/α-hetero) is 1. The minimum absolute atomic E-state index is 0.129. The summed E-state index contributed by atoms with van der Waals surface area (Å²) in [7, 11) is 0. The van der Waals surface area contributed by atoms with E-state index in [-0.39, 0.29) is 18.1 Å². The Balaban J connectivity index is 1.78. The lowest BCUT2D eigenvalue weighted by Crippen LogP contribution is -2.08. The number of thioether (sulfide) groups is 1. The van der Waals surface area contributed by atoms with E-state index in [0.717, 1.165) is 11.4 Å². The van der Waals surface area contributed by atoms with Crippen molar-refractivity contribution in [1.82, 2.24) is 24.6 Å². The summed E-state index contributed by atoms with van der Waals surface area (Å²) in [5, 5.41) is 4.87. The van der Waals surface area contributed by atoms with Crippen LogP contribution in [-0.2, 0) is 4.74 Å². The Morgan fingerprint density at radius 3 is 2.67 bits per heavy atom. The number of H-pyrrole nitrogens is 1. The standard InChI is InChI=1S/C18H21N5O3S/c1-6-26-16(25)14-11(4)15(20-12(14)5)13(24)8-27-18-21-17-19-9(2)7-10(3)23(17)22-18/h7,20H,6,8H2,1-5H3. The van der Waals surface area contributed by atoms with Crippen molar-refractivity contribution in [1.29, 1.82) is 0 Å². The van der Waals surface area contributed by atoms with Crippen molar-refractivity contribution in [2.24, 2.45) is 0 Å². The van der Waals surface area contributed by atoms with Crippen molar-refractivity contribution in [3.05, 3.63) is 40.0 Å². The van der Waals surface area contributed by atoms with Crippen molar-refractivity contribution >= 4 is 29.3 Å². The van der Waals surface area contributed by atoms with Crippen LogP contribution in [0.5, 0.6) is 0 Å². The number of hydrogen-bond donors (Lipinski definition) is 1. The predicted molar refractivity (Wildman–Crippen MR) is 102 cm³/mol. The summed E-state index contributed by atoms with van der Waals surface area (Å²) in [6.45, 7) is 9.36. The highest BCUT2D eigenvalue weighted by molar-refractivity contribution is 7.99. The number of fused-ring (bicyclic) bond motifs is 1. The lowest BCUT2D eigenvalue weighted by Gasteiger charge is -2.02. The summed E-state index contributed by atoms with van der Waals surface area (Å²) in [5.41, 5.74) is 3.86. The second-order valence-corrected chi connectivity index (χ2v) is 7.14. The van der Waals surface area contributed by atoms with Crippen molar-refractivity contribution in [3.63, 3.8) is 0 Å². The van der Waals surface area contributed by atoms with Crippen LogP contribution in [0, 0.1) is 27.7 Å². The monoisotopic (exact) mass is 387 g/mol. The molecule has 3 rings (SSSR count). The van der Waals surface area contributed by atoms with Crippen LogP contribution in [0.15, 0.2) is 11.2 Å². The maximum Gasteiger partial charge on any atom is 0.340 e. The second-order valence-electron chi connectivity index (χ2n) is 6.20. The molecule has 9 heteroatoms. The Hall–Kier alpha value is -2.68. The highest BCUT2D eigenvalue weighted by Crippen LogP contribution is 2.22. The van der Waals surface area contributed by atoms with Gasteiger partial charge in [0.2, 0.25) is 5.16 Å². The molecule has 0 aliphatic carbocycles. The van der Waals surface area contributed by atoms with Gasteiger partial charge in [-0.25, -0.2) is 14.3 Å². The van der Waals surface area contributed by atoms with Gasteiger partial charge in [0.25, 0.3) is 5.78 Å². The number of aryl methyl sites for hydroxylation is 3. The van der Waals surface area contributed by atoms with E-state index < -0.39 is 5.97 Å². The average molecular weight is 387 g/mol. The maximum absolute atomic E-state index is 12.6. The van der Waals surface area contributed by atoms with Gasteiger partial charge in [-0.3, -0.25) is 4.79 Å². The van der Waals surface area contributed by atoms with Crippen LogP contribution in [0.2, 0.25) is 0 Å². The summed E-state index contributed by atoms with van der Waals surface area (Å²) in [4.78, 5) is 36.4. The molecular weight excluding hydrogens is 366 g/mol. The lowest BCUT2D eigenvalue weighted by molar-refractivity contribution is 0.0525. The molecule has 27 heavy (non-hydrogen) atoms. The Kier molecular flexibility index (Phi) is 5.31. The molecule has 0 saturated carbocycles. The number of aromatic nitrogens is 5. The summed E-state index contributed by atoms with van der Waals surface area (Å²) in [6.07, 6.45) is 0. The smallest absolute Gasteiger partial charge is 0.340 e. The molecule has 0 saturated heterocycles. The summed E-state index contributed by atoms with van der Waals surface area (Å²) in [6, 6.07) is 1.92. The highest BCUT2D eigenvalue weighted by Gasteiger charge is 2.23. The van der Waals surface area contributed by atoms with Crippen molar-refractivity contribution in [3.8, 4) is 0 Å². The van der Waals surface area contributed by atoms with E-state index in [2.05, 4.69) is 20.1 Å². The van der Waals surface area contributed by atoms with Crippen molar-refractivity contribution in [2.75, 3.05) is 12.4 Å². The number of carbonyl (C=O) groups is 2. The number of hydrogen-bond acceptors (Lipinski definition) is 7. The minimum atomic E-state index is -0.422. The maximum atomic E-state index is 12.6. The molecule has 0 bridgehead atoms. The van der Waals surface area contributed by atoms with E-state index in [4.69, 9.17) is 4.74 Å². The molecule has 1 N–H and O–H groups in total. The van der Waals surface area contributed by atoms with E-state index in [9.17, 15) is 9.59 Å². The molecule has 0 aliphatic heterocycles. The third-order valence-corrected chi connectivity index (χ3v) is 4.96. The van der Waals surface area contributed by atoms with Crippen LogP contribution in [0.1, 0.15) is 50.4 Å². The van der Waals surface area contributed by atoms with Crippen molar-refractivity contribution < 1.29 is 14.3 Å². The summed E-state index contributed by atoms with van der Waals surface area (Å²) >= 11 is 1.24. The van der Waals surface area contributed by atoms with Gasteiger partial charge in [0, 0.05) is 17.1 Å². The summed E-state index contributed by atoms with van der Waals surface area (Å²) < 4.78 is 6.72. The zero-order valence-corrected chi connectivity index (χ0v) is 16.7. The van der Waals surface area contributed by atoms with E-state index in [1.807, 2.05) is 19.9 Å². The number of rotatable bonds is 6. The molecule has 0 fully saturated rings. The molecule has 0 atom stereocenters. The lowest BCUT2D eigenvalue weighted by atomic mass is 10.1. The van der Waals surface area contributed by atoms with Gasteiger partial charge < -0.3 is 9.72 Å². The number of ketones is 1. The average Bonchev–Trinajstić information content (AvgIpc) is 3.13. The number of nitrogens with zero attached hydrogens (tertiary/aromatic N) is 4. The largest absolute Gasteiger partial charge is 0.462 e. The van der Waals surface area contributed by atoms with Gasteiger partial charge in [0.15, 0.2) is 5.78 Å². The van der Waals surface area contributed by atoms with Crippen molar-refractivity contribution in [2.45, 2.75) is 39.8 Å². The highest BCUT2D eigenvalue weighted by atomic mass is 32.2. The van der Waals surface area contributed by atoms with Crippen LogP contribution in [0.4, 0.5) is 0 Å². The van der Waals surface area contributed by atoms with E-state index >= 15 is 0 Å². The number of aromatic amines is 1. The van der Waals surface area contributed by atoms with Gasteiger partial charge in [-0.05, 0) is 46.2 Å². The van der Waals surface area contributed by atoms with Gasteiger partial charge in [-0.1, -0.05) is 11.8 Å². The Bertz CT molecular complexity index is 1040. The van der Waals surface area contributed by atoms with E-state index in [1.165, 1.54) is 11.8 Å². The molecule has 142 valence electrons. The zero-order valence-electron chi connectivity index (χ0n) is 15.9. The second kappa shape index (κ2) is 7.51. The first kappa shape index (κ1) is 19.1. The molecule has 3 aromatic rings. The fraction of sp³-hybridized carbons (Fsp3) is 0.389. The molecular formula is C18H21N5O3S. The third-order valence-electron chi connectivity index (χ3n) is 4.13. The van der Waals surface area contributed by atoms with Crippen LogP contribution in [-0.4, -0.2) is 48.7 Å². The summed E-state index contributed by atoms with van der Waals surface area (Å²) in [5.74, 6) is 0.113. The van der Waals surface area contributed by atoms with Crippen LogP contribution >= 0.6 is 11.8 Å². The molecule has 0 spiro atoms. The molecule has 0 radical (unpaired) electrons. The normalized spacial score (nSPS) is 11.1. The molecule has 0 aliphatic rings. The fourth-order valence-corrected chi connectivity index (χ4v) is 3.64. The first-order valence-corrected chi connectivity index (χ1v) is 9.53. The Labute approximate surface area is 160 Å². The predicted octanol–water partition coefficient (Wildman–Crippen LogP) is 2.84. The van der Waals surface area contributed by atoms with Gasteiger partial charge in [0.05, 0.1) is 23.6 Å². The first-order valence-electron chi connectivity index (χ1n) is 8.55. The van der Waals surface area contributed by atoms with Crippen LogP contribution in [0.3, 0.4) is 0 Å². The number of nitrogens with one attached hydrogen (secondary N) is 1. The quantitative estimate of drug-likeness (QED) is 0.394. The number of esters is 1. The molecule has 3 heterocycles. The SMILES string of the molecule is CCOC(=O)c1c(C)[nH]c(C(=O)CSc2nc3nc(C)cc(C)n3n2)c1C. The molecule has 0 aromatic carbocycles. The Morgan fingerprint density at radius 1 is 1.22 bits per heavy atom. The van der Waals surface area contributed by atoms with Gasteiger partial charge in [-0.15, -0.1) is 5.10 Å². The molecule has 0 unspecified atom stereocenters. The number of ether oxygens (including phenoxy) is 1. The van der Waals surface area contributed by atoms with Gasteiger partial charge in [0.1, 0.15) is 0 Å². The topological polar surface area (TPSA) is 102 Å². The zero-order chi connectivity index (χ0) is 19.7. The molecule has 3 aromatic heterocycles. The minimum Gasteiger partial charge on any atom is -0.462 e. The fourth-order valence-electron chi connectivity index (χ4n) is 2.95.